The van der Waals surface area contributed by atoms with Crippen LogP contribution in [0.4, 0.5) is 5.69 Å². The second-order valence-electron chi connectivity index (χ2n) is 7.10. The molecule has 0 amide bonds. The minimum Gasteiger partial charge on any atom is -0.254 e. The molecular formula is C23H19NO2S. The standard InChI is InChI=1S/C23H19NO2S/c1-16-15-17-9-5-6-12-19(17)23-22(16)20-13-7-8-14-21(20)24(23)27(25,26)18-10-3-2-4-11-18/h2-14,23H,15H2,1H3. The highest BCUT2D eigenvalue weighted by Gasteiger charge is 2.45. The van der Waals surface area contributed by atoms with Crippen molar-refractivity contribution in [1.82, 2.24) is 0 Å². The first-order valence-electron chi connectivity index (χ1n) is 9.05. The van der Waals surface area contributed by atoms with Gasteiger partial charge in [0.25, 0.3) is 10.0 Å². The minimum absolute atomic E-state index is 0.308. The molecule has 5 rings (SSSR count). The summed E-state index contributed by atoms with van der Waals surface area (Å²) in [6.07, 6.45) is 0.857. The molecule has 0 N–H and O–H groups in total. The maximum Gasteiger partial charge on any atom is 0.265 e. The van der Waals surface area contributed by atoms with Crippen LogP contribution < -0.4 is 4.31 Å². The first kappa shape index (κ1) is 16.3. The molecule has 3 aromatic carbocycles. The van der Waals surface area contributed by atoms with Crippen molar-refractivity contribution in [2.45, 2.75) is 24.3 Å². The molecule has 0 fully saturated rings. The molecular weight excluding hydrogens is 354 g/mol. The number of allylic oxidation sites excluding steroid dienone is 1. The zero-order valence-corrected chi connectivity index (χ0v) is 15.8. The normalized spacial score (nSPS) is 18.1. The quantitative estimate of drug-likeness (QED) is 0.636. The van der Waals surface area contributed by atoms with Gasteiger partial charge in [-0.1, -0.05) is 66.2 Å². The van der Waals surface area contributed by atoms with E-state index in [1.165, 1.54) is 11.1 Å². The van der Waals surface area contributed by atoms with Gasteiger partial charge in [0.1, 0.15) is 0 Å². The van der Waals surface area contributed by atoms with E-state index < -0.39 is 10.0 Å². The second-order valence-corrected chi connectivity index (χ2v) is 8.92. The third kappa shape index (κ3) is 2.30. The van der Waals surface area contributed by atoms with E-state index in [1.807, 2.05) is 42.5 Å². The summed E-state index contributed by atoms with van der Waals surface area (Å²) in [5.74, 6) is 0. The van der Waals surface area contributed by atoms with Crippen molar-refractivity contribution in [2.24, 2.45) is 0 Å². The topological polar surface area (TPSA) is 37.4 Å². The first-order chi connectivity index (χ1) is 13.1. The first-order valence-corrected chi connectivity index (χ1v) is 10.5. The Balaban J connectivity index is 1.82. The molecule has 2 aliphatic rings. The number of rotatable bonds is 2. The summed E-state index contributed by atoms with van der Waals surface area (Å²) < 4.78 is 29.0. The van der Waals surface area contributed by atoms with Gasteiger partial charge in [0.05, 0.1) is 16.6 Å². The average Bonchev–Trinajstić information content (AvgIpc) is 3.05. The van der Waals surface area contributed by atoms with Gasteiger partial charge in [0.2, 0.25) is 0 Å². The van der Waals surface area contributed by atoms with Gasteiger partial charge in [0.15, 0.2) is 0 Å². The van der Waals surface area contributed by atoms with Crippen LogP contribution in [0.2, 0.25) is 0 Å². The Morgan fingerprint density at radius 2 is 1.52 bits per heavy atom. The fraction of sp³-hybridized carbons (Fsp3) is 0.130. The van der Waals surface area contributed by atoms with Crippen molar-refractivity contribution in [2.75, 3.05) is 4.31 Å². The molecule has 3 aromatic rings. The van der Waals surface area contributed by atoms with E-state index in [2.05, 4.69) is 19.1 Å². The summed E-state index contributed by atoms with van der Waals surface area (Å²) in [6.45, 7) is 2.12. The predicted molar refractivity (Wildman–Crippen MR) is 108 cm³/mol. The van der Waals surface area contributed by atoms with Gasteiger partial charge in [-0.25, -0.2) is 8.42 Å². The van der Waals surface area contributed by atoms with Crippen LogP contribution in [-0.2, 0) is 16.4 Å². The zero-order chi connectivity index (χ0) is 18.6. The van der Waals surface area contributed by atoms with Gasteiger partial charge in [0, 0.05) is 5.56 Å². The number of benzene rings is 3. The lowest BCUT2D eigenvalue weighted by Crippen LogP contribution is -2.33. The van der Waals surface area contributed by atoms with E-state index >= 15 is 0 Å². The van der Waals surface area contributed by atoms with E-state index in [9.17, 15) is 8.42 Å². The molecule has 1 aliphatic carbocycles. The molecule has 1 heterocycles. The van der Waals surface area contributed by atoms with Crippen molar-refractivity contribution >= 4 is 21.3 Å². The number of nitrogens with zero attached hydrogens (tertiary/aromatic N) is 1. The Morgan fingerprint density at radius 3 is 2.33 bits per heavy atom. The van der Waals surface area contributed by atoms with Crippen LogP contribution in [0.3, 0.4) is 0 Å². The van der Waals surface area contributed by atoms with E-state index in [0.29, 0.717) is 4.90 Å². The van der Waals surface area contributed by atoms with Crippen LogP contribution >= 0.6 is 0 Å². The lowest BCUT2D eigenvalue weighted by Gasteiger charge is -2.32. The molecule has 0 saturated carbocycles. The summed E-state index contributed by atoms with van der Waals surface area (Å²) in [7, 11) is -3.69. The third-order valence-corrected chi connectivity index (χ3v) is 7.30. The summed E-state index contributed by atoms with van der Waals surface area (Å²) in [4.78, 5) is 0.321. The van der Waals surface area contributed by atoms with E-state index in [4.69, 9.17) is 0 Å². The van der Waals surface area contributed by atoms with Gasteiger partial charge in [-0.05, 0) is 48.2 Å². The monoisotopic (exact) mass is 373 g/mol. The average molecular weight is 373 g/mol. The van der Waals surface area contributed by atoms with Gasteiger partial charge >= 0.3 is 0 Å². The second kappa shape index (κ2) is 5.83. The SMILES string of the molecule is CC1=C2c3ccccc3N(S(=O)(=O)c3ccccc3)C2c2ccccc2C1. The Bertz CT molecular complexity index is 1180. The Morgan fingerprint density at radius 1 is 0.852 bits per heavy atom. The lowest BCUT2D eigenvalue weighted by atomic mass is 9.82. The molecule has 134 valence electrons. The summed E-state index contributed by atoms with van der Waals surface area (Å²) in [5, 5.41) is 0. The molecule has 1 unspecified atom stereocenters. The number of sulfonamides is 1. The van der Waals surface area contributed by atoms with Crippen molar-refractivity contribution in [3.8, 4) is 0 Å². The molecule has 0 aromatic heterocycles. The van der Waals surface area contributed by atoms with Crippen LogP contribution in [-0.4, -0.2) is 8.42 Å². The third-order valence-electron chi connectivity index (χ3n) is 5.50. The van der Waals surface area contributed by atoms with Crippen LogP contribution in [0.25, 0.3) is 5.57 Å². The van der Waals surface area contributed by atoms with Crippen LogP contribution in [0, 0.1) is 0 Å². The summed E-state index contributed by atoms with van der Waals surface area (Å²) in [5.41, 5.74) is 6.42. The molecule has 0 bridgehead atoms. The van der Waals surface area contributed by atoms with Crippen molar-refractivity contribution in [1.29, 1.82) is 0 Å². The van der Waals surface area contributed by atoms with E-state index in [1.54, 1.807) is 28.6 Å². The van der Waals surface area contributed by atoms with Crippen LogP contribution in [0.15, 0.2) is 89.3 Å². The molecule has 0 radical (unpaired) electrons. The summed E-state index contributed by atoms with van der Waals surface area (Å²) >= 11 is 0. The molecule has 0 saturated heterocycles. The largest absolute Gasteiger partial charge is 0.265 e. The lowest BCUT2D eigenvalue weighted by molar-refractivity contribution is 0.588. The van der Waals surface area contributed by atoms with Gasteiger partial charge in [-0.2, -0.15) is 0 Å². The van der Waals surface area contributed by atoms with Gasteiger partial charge < -0.3 is 0 Å². The molecule has 4 heteroatoms. The number of anilines is 1. The fourth-order valence-electron chi connectivity index (χ4n) is 4.36. The Labute approximate surface area is 159 Å². The van der Waals surface area contributed by atoms with Crippen molar-refractivity contribution in [3.63, 3.8) is 0 Å². The highest BCUT2D eigenvalue weighted by Crippen LogP contribution is 2.54. The van der Waals surface area contributed by atoms with Crippen molar-refractivity contribution < 1.29 is 8.42 Å². The van der Waals surface area contributed by atoms with Crippen LogP contribution in [0.5, 0.6) is 0 Å². The highest BCUT2D eigenvalue weighted by atomic mass is 32.2. The number of fused-ring (bicyclic) bond motifs is 5. The molecule has 3 nitrogen and oxygen atoms in total. The Hall–Kier alpha value is -2.85. The number of hydrogen-bond donors (Lipinski definition) is 0. The van der Waals surface area contributed by atoms with Gasteiger partial charge in [-0.3, -0.25) is 4.31 Å². The number of hydrogen-bond acceptors (Lipinski definition) is 2. The van der Waals surface area contributed by atoms with Gasteiger partial charge in [-0.15, -0.1) is 0 Å². The maximum absolute atomic E-state index is 13.7. The number of para-hydroxylation sites is 1. The van der Waals surface area contributed by atoms with E-state index in [0.717, 1.165) is 28.8 Å². The predicted octanol–water partition coefficient (Wildman–Crippen LogP) is 4.97. The molecule has 1 aliphatic heterocycles. The smallest absolute Gasteiger partial charge is 0.254 e. The Kier molecular flexibility index (Phi) is 3.52. The highest BCUT2D eigenvalue weighted by molar-refractivity contribution is 7.93. The summed E-state index contributed by atoms with van der Waals surface area (Å²) in [6, 6.07) is 24.4. The fourth-order valence-corrected chi connectivity index (χ4v) is 6.00. The zero-order valence-electron chi connectivity index (χ0n) is 15.0. The molecule has 0 spiro atoms. The minimum atomic E-state index is -3.69. The maximum atomic E-state index is 13.7. The van der Waals surface area contributed by atoms with E-state index in [-0.39, 0.29) is 6.04 Å². The van der Waals surface area contributed by atoms with Crippen molar-refractivity contribution in [3.05, 3.63) is 101 Å². The molecule has 1 atom stereocenters. The van der Waals surface area contributed by atoms with Crippen LogP contribution in [0.1, 0.15) is 29.7 Å². The molecule has 27 heavy (non-hydrogen) atoms.